The van der Waals surface area contributed by atoms with Crippen molar-refractivity contribution in [2.75, 3.05) is 70.5 Å². The zero-order valence-electron chi connectivity index (χ0n) is 71.3. The first kappa shape index (κ1) is 94.5. The molecule has 34 heteroatoms. The number of aliphatic hydroxyl groups excluding tert-OH is 2. The summed E-state index contributed by atoms with van der Waals surface area (Å²) in [6.07, 6.45) is 19.0. The van der Waals surface area contributed by atoms with E-state index < -0.39 is 27.1 Å². The Labute approximate surface area is 744 Å². The summed E-state index contributed by atoms with van der Waals surface area (Å²) < 4.78 is 44.5. The largest absolute Gasteiger partial charge is 0.496 e. The Hall–Kier alpha value is -7.21. The van der Waals surface area contributed by atoms with E-state index in [1.54, 1.807) is 46.4 Å². The number of nitrogens with zero attached hydrogens (tertiary/aromatic N) is 9. The van der Waals surface area contributed by atoms with Crippen molar-refractivity contribution in [2.45, 2.75) is 238 Å². The normalized spacial score (nSPS) is 23.6. The minimum Gasteiger partial charge on any atom is -0.465 e. The summed E-state index contributed by atoms with van der Waals surface area (Å²) >= 11 is 13.2. The molecule has 12 aliphatic rings. The number of anilines is 5. The smallest absolute Gasteiger partial charge is 0.465 e. The number of ketones is 1. The number of carbonyl (C=O) groups excluding carboxylic acids is 8. The SMILES string of the molecule is Brc1ccc(Br)nc1.CC1(C)OB(B2OC(C)(C)C(C)(C)O2)OC1(C)C.CC1(C)OB(c2ccc(N3CCCC3=O)nc2)OC1(C)C.CCOC(=O)C1CCCCC1=O.O=C1CCCN1.O=C1CCCN1c1ccc(-c2ccc3c(c2)C[C@H]2[C@H](CO)CC(=O)N32)cn1.O=C1CCCN1c1ccc(Br)cn1.O=C1C[C@@H](CO)[C@@H]2Cc3cc(Br)ccc3N12. The maximum Gasteiger partial charge on any atom is 0.496 e. The quantitative estimate of drug-likeness (QED) is 0.0496. The van der Waals surface area contributed by atoms with Gasteiger partial charge in [-0.2, -0.15) is 0 Å². The summed E-state index contributed by atoms with van der Waals surface area (Å²) in [5, 5.41) is 21.5. The van der Waals surface area contributed by atoms with E-state index in [4.69, 9.17) is 32.7 Å². The van der Waals surface area contributed by atoms with Gasteiger partial charge in [0.25, 0.3) is 0 Å². The highest BCUT2D eigenvalue weighted by Crippen LogP contribution is 2.47. The number of benzene rings is 2. The van der Waals surface area contributed by atoms with Crippen LogP contribution in [0.4, 0.5) is 28.8 Å². The van der Waals surface area contributed by atoms with Crippen molar-refractivity contribution in [1.29, 1.82) is 0 Å². The molecule has 4 aromatic heterocycles. The molecule has 1 saturated carbocycles. The highest BCUT2D eigenvalue weighted by atomic mass is 79.9. The molecule has 1 aliphatic carbocycles. The van der Waals surface area contributed by atoms with Crippen molar-refractivity contribution < 1.29 is 81.2 Å². The lowest BCUT2D eigenvalue weighted by Gasteiger charge is -2.32. The van der Waals surface area contributed by atoms with Crippen molar-refractivity contribution in [3.05, 3.63) is 139 Å². The Kier molecular flexibility index (Phi) is 31.5. The highest BCUT2D eigenvalue weighted by Gasteiger charge is 2.64. The second-order valence-corrected chi connectivity index (χ2v) is 38.3. The van der Waals surface area contributed by atoms with Gasteiger partial charge in [-0.1, -0.05) is 34.5 Å². The summed E-state index contributed by atoms with van der Waals surface area (Å²) in [6.45, 7) is 29.8. The third-order valence-corrected chi connectivity index (χ3v) is 26.7. The van der Waals surface area contributed by atoms with E-state index in [-0.39, 0.29) is 118 Å². The first-order valence-corrected chi connectivity index (χ1v) is 44.9. The Morgan fingerprint density at radius 2 is 0.909 bits per heavy atom. The van der Waals surface area contributed by atoms with Crippen LogP contribution in [0.1, 0.15) is 191 Å². The van der Waals surface area contributed by atoms with Crippen LogP contribution in [0.15, 0.2) is 128 Å². The number of hydrogen-bond donors (Lipinski definition) is 3. The summed E-state index contributed by atoms with van der Waals surface area (Å²) in [4.78, 5) is 118. The number of esters is 1. The predicted octanol–water partition coefficient (Wildman–Crippen LogP) is 13.4. The summed E-state index contributed by atoms with van der Waals surface area (Å²) in [7, 11) is -1.36. The lowest BCUT2D eigenvalue weighted by atomic mass is 9.49. The van der Waals surface area contributed by atoms with Crippen LogP contribution in [0.2, 0.25) is 0 Å². The lowest BCUT2D eigenvalue weighted by Crippen LogP contribution is -2.41. The molecule has 10 fully saturated rings. The Morgan fingerprint density at radius 1 is 0.471 bits per heavy atom. The third kappa shape index (κ3) is 22.7. The number of aliphatic hydroxyl groups is 2. The molecule has 3 N–H and O–H groups in total. The zero-order chi connectivity index (χ0) is 87.7. The minimum atomic E-state index is -0.476. The molecular formula is C87H111B3Br4N10O17. The second kappa shape index (κ2) is 40.4. The van der Waals surface area contributed by atoms with Gasteiger partial charge >= 0.3 is 27.1 Å². The van der Waals surface area contributed by atoms with Gasteiger partial charge in [-0.25, -0.2) is 19.9 Å². The van der Waals surface area contributed by atoms with Gasteiger partial charge in [0.05, 0.1) is 40.2 Å². The molecule has 15 heterocycles. The molecule has 1 unspecified atom stereocenters. The van der Waals surface area contributed by atoms with Crippen molar-refractivity contribution in [2.24, 2.45) is 17.8 Å². The molecule has 0 spiro atoms. The second-order valence-electron chi connectivity index (χ2n) is 34.7. The first-order chi connectivity index (χ1) is 57.2. The van der Waals surface area contributed by atoms with Gasteiger partial charge in [-0.05, 0) is 279 Å². The summed E-state index contributed by atoms with van der Waals surface area (Å²) in [5.74, 6) is 2.46. The summed E-state index contributed by atoms with van der Waals surface area (Å²) in [6, 6.07) is 27.6. The first-order valence-electron chi connectivity index (χ1n) is 41.8. The third-order valence-electron chi connectivity index (χ3n) is 24.8. The van der Waals surface area contributed by atoms with Crippen LogP contribution >= 0.6 is 63.7 Å². The lowest BCUT2D eigenvalue weighted by molar-refractivity contribution is -0.152. The molecule has 648 valence electrons. The monoisotopic (exact) mass is 1920 g/mol. The van der Waals surface area contributed by atoms with Gasteiger partial charge in [0.1, 0.15) is 33.8 Å². The molecule has 121 heavy (non-hydrogen) atoms. The standard InChI is InChI=1S/C21H21N3O3.C15H21BN2O3.C12H24B2O4.C12H12BrNO2.C9H9BrN2O.C9H14O3.C5H3Br2N.C4H7NO/c25-12-16-10-21(27)24-17-5-3-13(8-15(17)9-18(16)24)14-4-6-19(22-11-14)23-7-1-2-20(23)26;1-14(2)15(3,4)21-16(20-14)11-7-8-12(17-10-11)18-9-5-6-13(18)19;1-9(2)10(3,4)16-13(15-9)14-17-11(5,6)12(7,8)18-14;13-9-1-2-10-7(3-9)4-11-8(6-15)5-12(16)14(10)11;10-7-3-4-8(11-6-7)12-5-1-2-9(12)13;1-2-12-9(11)7-5-3-4-6-8(7)10;6-4-1-2-5(7)8-3-4;6-4-2-1-3-5-4/h3-6,8,11,16,18,25H,1-2,7,9-10,12H2;7-8,10H,5-6,9H2,1-4H3;1-8H3;1-3,8,11,15H,4-6H2;3-4,6H,1-2,5H2;7H,2-6H2,1H3;1-3H;1-3H2,(H,5,6)/t16-,18-;;;8-,11-;;;;/m0..0..../s1. The number of pyridine rings is 4. The number of halogens is 4. The molecule has 11 aliphatic heterocycles. The minimum absolute atomic E-state index is 0.0206. The van der Waals surface area contributed by atoms with Gasteiger partial charge in [0, 0.05) is 169 Å². The van der Waals surface area contributed by atoms with E-state index in [0.717, 1.165) is 141 Å². The Morgan fingerprint density at radius 3 is 1.29 bits per heavy atom. The van der Waals surface area contributed by atoms with Crippen LogP contribution in [0.25, 0.3) is 11.1 Å². The van der Waals surface area contributed by atoms with E-state index in [2.05, 4.69) is 101 Å². The van der Waals surface area contributed by atoms with E-state index in [1.807, 2.05) is 166 Å². The van der Waals surface area contributed by atoms with Crippen molar-refractivity contribution in [1.82, 2.24) is 25.3 Å². The van der Waals surface area contributed by atoms with Crippen molar-refractivity contribution in [3.8, 4) is 11.1 Å². The fourth-order valence-electron chi connectivity index (χ4n) is 15.8. The Bertz CT molecular complexity index is 4580. The fourth-order valence-corrected chi connectivity index (χ4v) is 16.9. The number of aromatic nitrogens is 4. The van der Waals surface area contributed by atoms with Gasteiger partial charge in [-0.3, -0.25) is 53.1 Å². The number of hydrogen-bond acceptors (Lipinski definition) is 21. The molecule has 9 saturated heterocycles. The van der Waals surface area contributed by atoms with Crippen LogP contribution in [0.3, 0.4) is 0 Å². The van der Waals surface area contributed by atoms with Crippen LogP contribution in [-0.2, 0) is 83.9 Å². The number of carbonyl (C=O) groups is 8. The average molecular weight is 1920 g/mol. The van der Waals surface area contributed by atoms with E-state index in [1.165, 1.54) is 5.56 Å². The van der Waals surface area contributed by atoms with Crippen LogP contribution < -0.4 is 35.3 Å². The molecule has 2 aromatic carbocycles. The van der Waals surface area contributed by atoms with Crippen LogP contribution in [0, 0.1) is 17.8 Å². The average Bonchev–Trinajstić information content (AvgIpc) is 1.60. The number of nitrogens with one attached hydrogen (secondary N) is 1. The summed E-state index contributed by atoms with van der Waals surface area (Å²) in [5.41, 5.74) is 5.09. The van der Waals surface area contributed by atoms with Crippen molar-refractivity contribution >= 4 is 166 Å². The van der Waals surface area contributed by atoms with Gasteiger partial charge in [-0.15, -0.1) is 0 Å². The maximum atomic E-state index is 12.3. The molecule has 0 radical (unpaired) electrons. The molecule has 6 amide bonds. The van der Waals surface area contributed by atoms with Gasteiger partial charge in [0.2, 0.25) is 35.4 Å². The number of ether oxygens (including phenoxy) is 1. The van der Waals surface area contributed by atoms with Crippen LogP contribution in [-0.4, -0.2) is 190 Å². The van der Waals surface area contributed by atoms with E-state index in [9.17, 15) is 48.6 Å². The van der Waals surface area contributed by atoms with E-state index in [0.29, 0.717) is 63.2 Å². The predicted molar refractivity (Wildman–Crippen MR) is 478 cm³/mol. The van der Waals surface area contributed by atoms with Crippen LogP contribution in [0.5, 0.6) is 0 Å². The molecule has 5 atom stereocenters. The molecule has 27 nitrogen and oxygen atoms in total. The Balaban J connectivity index is 0.000000140. The van der Waals surface area contributed by atoms with E-state index >= 15 is 0 Å². The fraction of sp³-hybridized carbons (Fsp3) is 0.540. The maximum absolute atomic E-state index is 12.3. The molecule has 6 aromatic rings. The zero-order valence-corrected chi connectivity index (χ0v) is 77.7. The molecular weight excluding hydrogens is 1810 g/mol. The molecule has 18 rings (SSSR count). The number of rotatable bonds is 10. The number of Topliss-reactive ketones (excluding diaryl/α,β-unsaturated/α-hetero) is 1. The van der Waals surface area contributed by atoms with Gasteiger partial charge in [0.15, 0.2) is 0 Å². The number of fused-ring (bicyclic) bond motifs is 6. The molecule has 0 bridgehead atoms. The number of amides is 6. The van der Waals surface area contributed by atoms with Gasteiger partial charge < -0.3 is 58.0 Å². The van der Waals surface area contributed by atoms with Crippen molar-refractivity contribution in [3.63, 3.8) is 0 Å². The highest BCUT2D eigenvalue weighted by molar-refractivity contribution is 9.11. The topological polar surface area (TPSA) is 321 Å².